The molecule has 0 spiro atoms. The molecule has 0 bridgehead atoms. The minimum atomic E-state index is -4.05. The molecule has 0 aliphatic heterocycles. The number of nitrogens with zero attached hydrogens (tertiary/aromatic N) is 1. The van der Waals surface area contributed by atoms with Crippen molar-refractivity contribution in [1.29, 1.82) is 0 Å². The van der Waals surface area contributed by atoms with Gasteiger partial charge in [0.1, 0.15) is 10.7 Å². The van der Waals surface area contributed by atoms with Gasteiger partial charge in [-0.25, -0.2) is 21.9 Å². The molecule has 1 aromatic carbocycles. The highest BCUT2D eigenvalue weighted by Crippen LogP contribution is 2.21. The van der Waals surface area contributed by atoms with Gasteiger partial charge in [0.05, 0.1) is 0 Å². The van der Waals surface area contributed by atoms with E-state index in [9.17, 15) is 17.2 Å². The zero-order valence-corrected chi connectivity index (χ0v) is 13.2. The van der Waals surface area contributed by atoms with Gasteiger partial charge in [-0.05, 0) is 46.1 Å². The van der Waals surface area contributed by atoms with Crippen LogP contribution in [0, 0.1) is 11.6 Å². The summed E-state index contributed by atoms with van der Waals surface area (Å²) in [4.78, 5) is 1.33. The molecule has 8 heteroatoms. The van der Waals surface area contributed by atoms with E-state index in [1.54, 1.807) is 6.92 Å². The van der Waals surface area contributed by atoms with Gasteiger partial charge in [-0.2, -0.15) is 0 Å². The van der Waals surface area contributed by atoms with Crippen LogP contribution in [0.4, 0.5) is 8.78 Å². The number of sulfonamides is 1. The first-order valence-electron chi connectivity index (χ1n) is 6.53. The second-order valence-corrected chi connectivity index (χ2v) is 6.84. The average molecular weight is 321 g/mol. The second kappa shape index (κ2) is 7.26. The Morgan fingerprint density at radius 2 is 1.95 bits per heavy atom. The molecule has 0 saturated carbocycles. The summed E-state index contributed by atoms with van der Waals surface area (Å²) in [6.07, 6.45) is 0.568. The molecule has 1 atom stereocenters. The van der Waals surface area contributed by atoms with Crippen LogP contribution in [0.5, 0.6) is 0 Å². The normalized spacial score (nSPS) is 13.7. The van der Waals surface area contributed by atoms with E-state index in [4.69, 9.17) is 5.73 Å². The fraction of sp³-hybridized carbons (Fsp3) is 0.538. The van der Waals surface area contributed by atoms with Gasteiger partial charge in [-0.15, -0.1) is 0 Å². The Hall–Kier alpha value is -1.09. The molecule has 5 nitrogen and oxygen atoms in total. The highest BCUT2D eigenvalue weighted by Gasteiger charge is 2.24. The molecule has 0 heterocycles. The Kier molecular flexibility index (Phi) is 6.21. The van der Waals surface area contributed by atoms with Gasteiger partial charge in [0.15, 0.2) is 5.82 Å². The molecule has 1 rings (SSSR count). The number of hydrogen-bond acceptors (Lipinski definition) is 4. The molecule has 0 saturated heterocycles. The van der Waals surface area contributed by atoms with Crippen LogP contribution in [-0.2, 0) is 16.6 Å². The van der Waals surface area contributed by atoms with Crippen LogP contribution in [0.1, 0.15) is 18.9 Å². The van der Waals surface area contributed by atoms with Crippen molar-refractivity contribution in [2.75, 3.05) is 20.6 Å². The van der Waals surface area contributed by atoms with Crippen molar-refractivity contribution in [3.63, 3.8) is 0 Å². The Morgan fingerprint density at radius 3 is 2.48 bits per heavy atom. The fourth-order valence-corrected chi connectivity index (χ4v) is 3.19. The molecule has 0 aliphatic rings. The molecule has 0 fully saturated rings. The first-order chi connectivity index (χ1) is 9.69. The molecule has 1 unspecified atom stereocenters. The smallest absolute Gasteiger partial charge is 0.243 e. The zero-order chi connectivity index (χ0) is 16.2. The molecule has 0 amide bonds. The molecular weight excluding hydrogens is 300 g/mol. The lowest BCUT2D eigenvalue weighted by Crippen LogP contribution is -2.35. The van der Waals surface area contributed by atoms with Crippen molar-refractivity contribution < 1.29 is 17.2 Å². The number of halogens is 2. The maximum absolute atomic E-state index is 14.0. The van der Waals surface area contributed by atoms with E-state index in [-0.39, 0.29) is 6.04 Å². The van der Waals surface area contributed by atoms with Crippen molar-refractivity contribution in [2.24, 2.45) is 5.73 Å². The lowest BCUT2D eigenvalue weighted by molar-refractivity contribution is 0.378. The molecular formula is C13H21F2N3O2S. The number of nitrogens with one attached hydrogen (secondary N) is 1. The van der Waals surface area contributed by atoms with Gasteiger partial charge in [0.2, 0.25) is 10.0 Å². The molecule has 21 heavy (non-hydrogen) atoms. The van der Waals surface area contributed by atoms with Crippen LogP contribution in [0.15, 0.2) is 17.0 Å². The lowest BCUT2D eigenvalue weighted by atomic mass is 10.2. The summed E-state index contributed by atoms with van der Waals surface area (Å²) in [6, 6.07) is 1.44. The van der Waals surface area contributed by atoms with E-state index in [2.05, 4.69) is 4.72 Å². The quantitative estimate of drug-likeness (QED) is 0.787. The van der Waals surface area contributed by atoms with Crippen LogP contribution in [0.3, 0.4) is 0 Å². The summed E-state index contributed by atoms with van der Waals surface area (Å²) in [5, 5.41) is 0. The Bertz CT molecular complexity index is 591. The SMILES string of the molecule is CC(CCN(C)C)NS(=O)(=O)c1ccc(F)c(CN)c1F. The molecule has 3 N–H and O–H groups in total. The highest BCUT2D eigenvalue weighted by atomic mass is 32.2. The summed E-state index contributed by atoms with van der Waals surface area (Å²) < 4.78 is 54.1. The van der Waals surface area contributed by atoms with E-state index in [0.29, 0.717) is 13.0 Å². The third-order valence-corrected chi connectivity index (χ3v) is 4.62. The van der Waals surface area contributed by atoms with Crippen molar-refractivity contribution in [2.45, 2.75) is 30.8 Å². The second-order valence-electron chi connectivity index (χ2n) is 5.16. The fourth-order valence-electron chi connectivity index (χ4n) is 1.81. The first-order valence-corrected chi connectivity index (χ1v) is 8.01. The van der Waals surface area contributed by atoms with E-state index in [1.165, 1.54) is 0 Å². The van der Waals surface area contributed by atoms with Gasteiger partial charge >= 0.3 is 0 Å². The molecule has 0 aliphatic carbocycles. The topological polar surface area (TPSA) is 75.4 Å². The summed E-state index contributed by atoms with van der Waals surface area (Å²) in [5.41, 5.74) is 4.81. The van der Waals surface area contributed by atoms with Crippen LogP contribution in [-0.4, -0.2) is 40.0 Å². The van der Waals surface area contributed by atoms with Crippen molar-refractivity contribution >= 4 is 10.0 Å². The van der Waals surface area contributed by atoms with Crippen LogP contribution in [0.25, 0.3) is 0 Å². The monoisotopic (exact) mass is 321 g/mol. The summed E-state index contributed by atoms with van der Waals surface area (Å²) in [6.45, 7) is 1.97. The largest absolute Gasteiger partial charge is 0.326 e. The standard InChI is InChI=1S/C13H21F2N3O2S/c1-9(6-7-18(2)3)17-21(19,20)12-5-4-11(14)10(8-16)13(12)15/h4-5,9,17H,6-8,16H2,1-3H3. The number of rotatable bonds is 7. The van der Waals surface area contributed by atoms with Gasteiger partial charge in [-0.1, -0.05) is 0 Å². The number of nitrogens with two attached hydrogens (primary N) is 1. The Balaban J connectivity index is 2.98. The van der Waals surface area contributed by atoms with Crippen LogP contribution >= 0.6 is 0 Å². The summed E-state index contributed by atoms with van der Waals surface area (Å²) in [7, 11) is -0.314. The zero-order valence-electron chi connectivity index (χ0n) is 12.4. The third kappa shape index (κ3) is 4.70. The van der Waals surface area contributed by atoms with Gasteiger partial charge < -0.3 is 10.6 Å². The van der Waals surface area contributed by atoms with E-state index in [1.807, 2.05) is 19.0 Å². The lowest BCUT2D eigenvalue weighted by Gasteiger charge is -2.17. The van der Waals surface area contributed by atoms with Crippen molar-refractivity contribution in [3.05, 3.63) is 29.3 Å². The third-order valence-electron chi connectivity index (χ3n) is 3.01. The van der Waals surface area contributed by atoms with Gasteiger partial charge in [0, 0.05) is 18.2 Å². The number of benzene rings is 1. The van der Waals surface area contributed by atoms with Gasteiger partial charge in [-0.3, -0.25) is 0 Å². The highest BCUT2D eigenvalue weighted by molar-refractivity contribution is 7.89. The average Bonchev–Trinajstić information content (AvgIpc) is 2.36. The predicted molar refractivity (Wildman–Crippen MR) is 77.2 cm³/mol. The maximum atomic E-state index is 14.0. The maximum Gasteiger partial charge on any atom is 0.243 e. The predicted octanol–water partition coefficient (Wildman–Crippen LogP) is 1.04. The first kappa shape index (κ1) is 18.0. The van der Waals surface area contributed by atoms with Crippen LogP contribution < -0.4 is 10.5 Å². The molecule has 0 radical (unpaired) electrons. The van der Waals surface area contributed by atoms with Crippen molar-refractivity contribution in [1.82, 2.24) is 9.62 Å². The van der Waals surface area contributed by atoms with E-state index < -0.39 is 38.7 Å². The van der Waals surface area contributed by atoms with E-state index in [0.717, 1.165) is 12.1 Å². The molecule has 1 aromatic rings. The molecule has 120 valence electrons. The van der Waals surface area contributed by atoms with Gasteiger partial charge in [0.25, 0.3) is 0 Å². The number of hydrogen-bond donors (Lipinski definition) is 2. The Morgan fingerprint density at radius 1 is 1.33 bits per heavy atom. The Labute approximate surface area is 124 Å². The minimum absolute atomic E-state index is 0.372. The summed E-state index contributed by atoms with van der Waals surface area (Å²) in [5.74, 6) is -1.99. The van der Waals surface area contributed by atoms with Crippen LogP contribution in [0.2, 0.25) is 0 Å². The minimum Gasteiger partial charge on any atom is -0.326 e. The van der Waals surface area contributed by atoms with Crippen molar-refractivity contribution in [3.8, 4) is 0 Å². The van der Waals surface area contributed by atoms with E-state index >= 15 is 0 Å². The summed E-state index contributed by atoms with van der Waals surface area (Å²) >= 11 is 0. The molecule has 0 aromatic heterocycles.